The van der Waals surface area contributed by atoms with Crippen molar-refractivity contribution in [2.75, 3.05) is 11.9 Å². The third kappa shape index (κ3) is 3.14. The van der Waals surface area contributed by atoms with Gasteiger partial charge in [0.05, 0.1) is 0 Å². The Labute approximate surface area is 160 Å². The number of fused-ring (bicyclic) bond motifs is 3. The molecule has 1 heterocycles. The number of rotatable bonds is 4. The summed E-state index contributed by atoms with van der Waals surface area (Å²) in [4.78, 5) is 26.9. The Hall–Kier alpha value is -3.87. The van der Waals surface area contributed by atoms with Crippen LogP contribution in [0.25, 0.3) is 11.1 Å². The van der Waals surface area contributed by atoms with Gasteiger partial charge in [0, 0.05) is 5.92 Å². The molecule has 1 aliphatic carbocycles. The first-order chi connectivity index (χ1) is 13.5. The Morgan fingerprint density at radius 3 is 2.18 bits per heavy atom. The maximum Gasteiger partial charge on any atom is 0.412 e. The number of carboxylic acids is 1. The highest BCUT2D eigenvalue weighted by atomic mass is 16.5. The minimum atomic E-state index is -1.27. The van der Waals surface area contributed by atoms with Gasteiger partial charge in [-0.05, 0) is 34.4 Å². The Morgan fingerprint density at radius 1 is 0.964 bits per heavy atom. The number of hydrogen-bond acceptors (Lipinski definition) is 5. The van der Waals surface area contributed by atoms with E-state index in [9.17, 15) is 14.7 Å². The number of aromatic nitrogens is 1. The first-order valence-corrected chi connectivity index (χ1v) is 8.60. The largest absolute Gasteiger partial charge is 0.504 e. The highest BCUT2D eigenvalue weighted by molar-refractivity contribution is 5.89. The number of aromatic carboxylic acids is 1. The van der Waals surface area contributed by atoms with Gasteiger partial charge >= 0.3 is 12.1 Å². The Kier molecular flexibility index (Phi) is 4.41. The summed E-state index contributed by atoms with van der Waals surface area (Å²) >= 11 is 0. The lowest BCUT2D eigenvalue weighted by Gasteiger charge is -2.14. The molecular weight excluding hydrogens is 360 g/mol. The first kappa shape index (κ1) is 17.5. The van der Waals surface area contributed by atoms with Crippen molar-refractivity contribution >= 4 is 17.9 Å². The van der Waals surface area contributed by atoms with Crippen LogP contribution in [-0.4, -0.2) is 33.9 Å². The van der Waals surface area contributed by atoms with E-state index in [4.69, 9.17) is 9.84 Å². The number of amides is 1. The fraction of sp³-hybridized carbons (Fsp3) is 0.0952. The van der Waals surface area contributed by atoms with Crippen molar-refractivity contribution in [3.05, 3.63) is 77.5 Å². The van der Waals surface area contributed by atoms with Gasteiger partial charge in [-0.15, -0.1) is 0 Å². The van der Waals surface area contributed by atoms with E-state index in [0.717, 1.165) is 34.4 Å². The first-order valence-electron chi connectivity index (χ1n) is 8.60. The number of pyridine rings is 1. The molecule has 0 aliphatic heterocycles. The van der Waals surface area contributed by atoms with Gasteiger partial charge in [-0.1, -0.05) is 48.5 Å². The molecule has 0 spiro atoms. The molecule has 0 bridgehead atoms. The molecule has 2 aromatic carbocycles. The summed E-state index contributed by atoms with van der Waals surface area (Å²) in [7, 11) is 0. The molecule has 4 rings (SSSR count). The van der Waals surface area contributed by atoms with Gasteiger partial charge in [0.2, 0.25) is 0 Å². The highest BCUT2D eigenvalue weighted by Crippen LogP contribution is 2.44. The molecule has 0 fully saturated rings. The van der Waals surface area contributed by atoms with E-state index in [1.165, 1.54) is 0 Å². The van der Waals surface area contributed by atoms with Crippen LogP contribution >= 0.6 is 0 Å². The van der Waals surface area contributed by atoms with E-state index >= 15 is 0 Å². The number of nitrogens with one attached hydrogen (secondary N) is 1. The lowest BCUT2D eigenvalue weighted by molar-refractivity contribution is 0.0690. The van der Waals surface area contributed by atoms with Crippen molar-refractivity contribution < 1.29 is 24.5 Å². The van der Waals surface area contributed by atoms with Crippen molar-refractivity contribution in [2.24, 2.45) is 0 Å². The molecule has 0 radical (unpaired) electrons. The van der Waals surface area contributed by atoms with Crippen LogP contribution in [0.2, 0.25) is 0 Å². The Bertz CT molecular complexity index is 1030. The summed E-state index contributed by atoms with van der Waals surface area (Å²) < 4.78 is 5.35. The van der Waals surface area contributed by atoms with Gasteiger partial charge in [-0.3, -0.25) is 5.32 Å². The molecule has 3 aromatic rings. The van der Waals surface area contributed by atoms with Crippen LogP contribution in [0.1, 0.15) is 27.5 Å². The molecule has 0 saturated carbocycles. The zero-order valence-electron chi connectivity index (χ0n) is 14.6. The van der Waals surface area contributed by atoms with Crippen LogP contribution in [-0.2, 0) is 4.74 Å². The number of anilines is 1. The molecule has 28 heavy (non-hydrogen) atoms. The molecule has 1 amide bonds. The maximum absolute atomic E-state index is 12.2. The second kappa shape index (κ2) is 7.03. The van der Waals surface area contributed by atoms with Gasteiger partial charge in [-0.2, -0.15) is 0 Å². The number of carboxylic acid groups (broad SMARTS) is 1. The van der Waals surface area contributed by atoms with Crippen LogP contribution in [0.5, 0.6) is 5.75 Å². The molecule has 140 valence electrons. The lowest BCUT2D eigenvalue weighted by Crippen LogP contribution is -2.19. The summed E-state index contributed by atoms with van der Waals surface area (Å²) in [5, 5.41) is 21.1. The summed E-state index contributed by atoms with van der Waals surface area (Å²) in [6, 6.07) is 18.2. The quantitative estimate of drug-likeness (QED) is 0.638. The van der Waals surface area contributed by atoms with Gasteiger partial charge < -0.3 is 14.9 Å². The summed E-state index contributed by atoms with van der Waals surface area (Å²) in [6.45, 7) is 0.0965. The number of aromatic hydroxyl groups is 1. The van der Waals surface area contributed by atoms with Gasteiger partial charge in [0.25, 0.3) is 0 Å². The van der Waals surface area contributed by atoms with E-state index in [-0.39, 0.29) is 29.8 Å². The van der Waals surface area contributed by atoms with Crippen molar-refractivity contribution in [2.45, 2.75) is 5.92 Å². The highest BCUT2D eigenvalue weighted by Gasteiger charge is 2.29. The Morgan fingerprint density at radius 2 is 1.57 bits per heavy atom. The number of hydrogen-bond donors (Lipinski definition) is 3. The van der Waals surface area contributed by atoms with E-state index in [2.05, 4.69) is 10.3 Å². The predicted octanol–water partition coefficient (Wildman–Crippen LogP) is 3.85. The van der Waals surface area contributed by atoms with Crippen molar-refractivity contribution in [1.29, 1.82) is 0 Å². The SMILES string of the molecule is O=C(Nc1nc(C(=O)O)ccc1O)OCC1c2ccccc2-c2ccccc21. The average Bonchev–Trinajstić information content (AvgIpc) is 3.02. The zero-order valence-corrected chi connectivity index (χ0v) is 14.6. The third-order valence-corrected chi connectivity index (χ3v) is 4.66. The maximum atomic E-state index is 12.2. The number of nitrogens with zero attached hydrogens (tertiary/aromatic N) is 1. The standard InChI is InChI=1S/C21H16N2O5/c24-18-10-9-17(20(25)26)22-19(18)23-21(27)28-11-16-14-7-3-1-5-12(14)13-6-2-4-8-15(13)16/h1-10,16,24H,11H2,(H,25,26)(H,22,23,27). The third-order valence-electron chi connectivity index (χ3n) is 4.66. The topological polar surface area (TPSA) is 109 Å². The molecule has 0 atom stereocenters. The van der Waals surface area contributed by atoms with Gasteiger partial charge in [0.1, 0.15) is 6.61 Å². The molecule has 7 heteroatoms. The summed E-state index contributed by atoms with van der Waals surface area (Å²) in [5.41, 5.74) is 4.07. The van der Waals surface area contributed by atoms with Gasteiger partial charge in [-0.25, -0.2) is 14.6 Å². The fourth-order valence-corrected chi connectivity index (χ4v) is 3.39. The smallest absolute Gasteiger partial charge is 0.412 e. The van der Waals surface area contributed by atoms with Crippen molar-refractivity contribution in [1.82, 2.24) is 4.98 Å². The number of benzene rings is 2. The van der Waals surface area contributed by atoms with Crippen molar-refractivity contribution in [3.8, 4) is 16.9 Å². The van der Waals surface area contributed by atoms with Crippen LogP contribution in [0.3, 0.4) is 0 Å². The van der Waals surface area contributed by atoms with Gasteiger partial charge in [0.15, 0.2) is 17.3 Å². The number of carbonyl (C=O) groups excluding carboxylic acids is 1. The second-order valence-corrected chi connectivity index (χ2v) is 6.32. The summed E-state index contributed by atoms with van der Waals surface area (Å²) in [6.07, 6.45) is -0.827. The lowest BCUT2D eigenvalue weighted by atomic mass is 9.98. The molecule has 3 N–H and O–H groups in total. The minimum absolute atomic E-state index is 0.0965. The molecule has 7 nitrogen and oxygen atoms in total. The predicted molar refractivity (Wildman–Crippen MR) is 102 cm³/mol. The van der Waals surface area contributed by atoms with Crippen LogP contribution in [0, 0.1) is 0 Å². The second-order valence-electron chi connectivity index (χ2n) is 6.32. The summed E-state index contributed by atoms with van der Waals surface area (Å²) in [5.74, 6) is -1.99. The van der Waals surface area contributed by atoms with Crippen LogP contribution in [0.15, 0.2) is 60.7 Å². The number of ether oxygens (including phenoxy) is 1. The molecule has 0 unspecified atom stereocenters. The number of carbonyl (C=O) groups is 2. The van der Waals surface area contributed by atoms with E-state index in [0.29, 0.717) is 0 Å². The Balaban J connectivity index is 1.50. The normalized spacial score (nSPS) is 12.1. The average molecular weight is 376 g/mol. The molecule has 0 saturated heterocycles. The molecular formula is C21H16N2O5. The van der Waals surface area contributed by atoms with Crippen LogP contribution in [0.4, 0.5) is 10.6 Å². The minimum Gasteiger partial charge on any atom is -0.504 e. The molecule has 1 aromatic heterocycles. The van der Waals surface area contributed by atoms with Crippen molar-refractivity contribution in [3.63, 3.8) is 0 Å². The van der Waals surface area contributed by atoms with E-state index < -0.39 is 12.1 Å². The fourth-order valence-electron chi connectivity index (χ4n) is 3.39. The zero-order chi connectivity index (χ0) is 19.7. The van der Waals surface area contributed by atoms with Crippen LogP contribution < -0.4 is 5.32 Å². The van der Waals surface area contributed by atoms with E-state index in [1.54, 1.807) is 0 Å². The molecule has 1 aliphatic rings. The monoisotopic (exact) mass is 376 g/mol. The van der Waals surface area contributed by atoms with E-state index in [1.807, 2.05) is 48.5 Å².